The molecule has 1 aliphatic rings. The van der Waals surface area contributed by atoms with Gasteiger partial charge in [-0.3, -0.25) is 4.79 Å². The van der Waals surface area contributed by atoms with E-state index >= 15 is 0 Å². The Bertz CT molecular complexity index is 655. The normalized spacial score (nSPS) is 15.7. The third-order valence-electron chi connectivity index (χ3n) is 4.79. The zero-order valence-electron chi connectivity index (χ0n) is 12.5. The van der Waals surface area contributed by atoms with E-state index in [1.807, 2.05) is 18.2 Å². The summed E-state index contributed by atoms with van der Waals surface area (Å²) < 4.78 is 0. The summed E-state index contributed by atoms with van der Waals surface area (Å²) in [6.45, 7) is 4.14. The molecule has 3 rings (SSSR count). The minimum atomic E-state index is -0.694. The standard InChI is InChI=1S/C19H20O2/c1-13-6-5-7-14(2)17(13)12-19(18(20)21)10-15-8-3-4-9-16(15)11-19/h3-9H,10-12H2,1-2H3,(H,20,21). The Labute approximate surface area is 125 Å². The van der Waals surface area contributed by atoms with Crippen molar-refractivity contribution >= 4 is 5.97 Å². The van der Waals surface area contributed by atoms with Crippen molar-refractivity contribution in [2.75, 3.05) is 0 Å². The summed E-state index contributed by atoms with van der Waals surface area (Å²) >= 11 is 0. The first-order valence-corrected chi connectivity index (χ1v) is 7.37. The van der Waals surface area contributed by atoms with Gasteiger partial charge in [-0.25, -0.2) is 0 Å². The first-order chi connectivity index (χ1) is 10.0. The van der Waals surface area contributed by atoms with Gasteiger partial charge in [-0.15, -0.1) is 0 Å². The first kappa shape index (κ1) is 13.9. The summed E-state index contributed by atoms with van der Waals surface area (Å²) in [4.78, 5) is 12.0. The van der Waals surface area contributed by atoms with E-state index in [0.717, 1.165) is 0 Å². The van der Waals surface area contributed by atoms with Crippen molar-refractivity contribution < 1.29 is 9.90 Å². The van der Waals surface area contributed by atoms with Gasteiger partial charge in [0.05, 0.1) is 5.41 Å². The highest BCUT2D eigenvalue weighted by Crippen LogP contribution is 2.41. The second-order valence-electron chi connectivity index (χ2n) is 6.25. The number of hydrogen-bond acceptors (Lipinski definition) is 1. The largest absolute Gasteiger partial charge is 0.481 e. The molecule has 0 saturated carbocycles. The predicted molar refractivity (Wildman–Crippen MR) is 83.5 cm³/mol. The fourth-order valence-electron chi connectivity index (χ4n) is 3.51. The zero-order chi connectivity index (χ0) is 15.0. The third-order valence-corrected chi connectivity index (χ3v) is 4.79. The number of hydrogen-bond donors (Lipinski definition) is 1. The van der Waals surface area contributed by atoms with Crippen LogP contribution in [0.25, 0.3) is 0 Å². The van der Waals surface area contributed by atoms with E-state index in [2.05, 4.69) is 38.1 Å². The molecular weight excluding hydrogens is 260 g/mol. The number of carboxylic acid groups (broad SMARTS) is 1. The highest BCUT2D eigenvalue weighted by atomic mass is 16.4. The maximum absolute atomic E-state index is 12.0. The number of aryl methyl sites for hydroxylation is 2. The van der Waals surface area contributed by atoms with Crippen LogP contribution < -0.4 is 0 Å². The van der Waals surface area contributed by atoms with Gasteiger partial charge in [-0.05, 0) is 60.9 Å². The maximum Gasteiger partial charge on any atom is 0.310 e. The molecule has 108 valence electrons. The minimum Gasteiger partial charge on any atom is -0.481 e. The lowest BCUT2D eigenvalue weighted by Crippen LogP contribution is -2.34. The molecule has 2 aromatic rings. The second-order valence-corrected chi connectivity index (χ2v) is 6.25. The predicted octanol–water partition coefficient (Wildman–Crippen LogP) is 3.72. The van der Waals surface area contributed by atoms with Crippen LogP contribution in [0.3, 0.4) is 0 Å². The van der Waals surface area contributed by atoms with Crippen LogP contribution in [0.1, 0.15) is 27.8 Å². The van der Waals surface area contributed by atoms with Gasteiger partial charge < -0.3 is 5.11 Å². The van der Waals surface area contributed by atoms with Gasteiger partial charge in [0, 0.05) is 0 Å². The van der Waals surface area contributed by atoms with Crippen molar-refractivity contribution in [1.29, 1.82) is 0 Å². The molecule has 2 heteroatoms. The van der Waals surface area contributed by atoms with Crippen LogP contribution in [0, 0.1) is 19.3 Å². The minimum absolute atomic E-state index is 0.607. The Morgan fingerprint density at radius 1 is 1.00 bits per heavy atom. The van der Waals surface area contributed by atoms with E-state index in [1.54, 1.807) is 0 Å². The molecule has 0 radical (unpaired) electrons. The number of rotatable bonds is 3. The molecule has 0 amide bonds. The summed E-state index contributed by atoms with van der Waals surface area (Å²) in [5.74, 6) is -0.679. The molecule has 1 N–H and O–H groups in total. The van der Waals surface area contributed by atoms with Crippen molar-refractivity contribution in [2.45, 2.75) is 33.1 Å². The van der Waals surface area contributed by atoms with E-state index in [-0.39, 0.29) is 0 Å². The average molecular weight is 280 g/mol. The van der Waals surface area contributed by atoms with Crippen molar-refractivity contribution in [3.05, 3.63) is 70.3 Å². The summed E-state index contributed by atoms with van der Waals surface area (Å²) in [5.41, 5.74) is 5.24. The molecule has 0 fully saturated rings. The van der Waals surface area contributed by atoms with Gasteiger partial charge in [-0.2, -0.15) is 0 Å². The number of carbonyl (C=O) groups is 1. The number of fused-ring (bicyclic) bond motifs is 1. The van der Waals surface area contributed by atoms with E-state index in [1.165, 1.54) is 27.8 Å². The van der Waals surface area contributed by atoms with Crippen LogP contribution in [0.15, 0.2) is 42.5 Å². The Hall–Kier alpha value is -2.09. The highest BCUT2D eigenvalue weighted by molar-refractivity contribution is 5.77. The van der Waals surface area contributed by atoms with Gasteiger partial charge in [0.1, 0.15) is 0 Å². The Balaban J connectivity index is 2.00. The third kappa shape index (κ3) is 2.35. The molecule has 0 saturated heterocycles. The van der Waals surface area contributed by atoms with Crippen LogP contribution in [-0.2, 0) is 24.1 Å². The molecule has 0 aromatic heterocycles. The monoisotopic (exact) mass is 280 g/mol. The summed E-state index contributed by atoms with van der Waals surface area (Å²) in [6, 6.07) is 14.3. The molecule has 0 bridgehead atoms. The SMILES string of the molecule is Cc1cccc(C)c1CC1(C(=O)O)Cc2ccccc2C1. The molecule has 0 unspecified atom stereocenters. The zero-order valence-corrected chi connectivity index (χ0v) is 12.5. The molecule has 2 aromatic carbocycles. The van der Waals surface area contributed by atoms with Crippen molar-refractivity contribution in [2.24, 2.45) is 5.41 Å². The lowest BCUT2D eigenvalue weighted by Gasteiger charge is -2.26. The first-order valence-electron chi connectivity index (χ1n) is 7.37. The number of carboxylic acids is 1. The van der Waals surface area contributed by atoms with Crippen LogP contribution in [-0.4, -0.2) is 11.1 Å². The Morgan fingerprint density at radius 2 is 1.52 bits per heavy atom. The molecular formula is C19H20O2. The second kappa shape index (κ2) is 5.03. The van der Waals surface area contributed by atoms with Crippen LogP contribution in [0.2, 0.25) is 0 Å². The van der Waals surface area contributed by atoms with Gasteiger partial charge in [0.15, 0.2) is 0 Å². The topological polar surface area (TPSA) is 37.3 Å². The van der Waals surface area contributed by atoms with Gasteiger partial charge >= 0.3 is 5.97 Å². The Kier molecular flexibility index (Phi) is 3.32. The van der Waals surface area contributed by atoms with Crippen molar-refractivity contribution in [3.8, 4) is 0 Å². The number of benzene rings is 2. The fraction of sp³-hybridized carbons (Fsp3) is 0.316. The van der Waals surface area contributed by atoms with E-state index in [4.69, 9.17) is 0 Å². The van der Waals surface area contributed by atoms with E-state index in [0.29, 0.717) is 19.3 Å². The summed E-state index contributed by atoms with van der Waals surface area (Å²) in [7, 11) is 0. The lowest BCUT2D eigenvalue weighted by atomic mass is 9.77. The van der Waals surface area contributed by atoms with Crippen molar-refractivity contribution in [1.82, 2.24) is 0 Å². The molecule has 0 spiro atoms. The fourth-order valence-corrected chi connectivity index (χ4v) is 3.51. The quantitative estimate of drug-likeness (QED) is 0.930. The summed E-state index contributed by atoms with van der Waals surface area (Å²) in [5, 5.41) is 9.88. The van der Waals surface area contributed by atoms with Gasteiger partial charge in [-0.1, -0.05) is 42.5 Å². The van der Waals surface area contributed by atoms with Gasteiger partial charge in [0.2, 0.25) is 0 Å². The smallest absolute Gasteiger partial charge is 0.310 e. The Morgan fingerprint density at radius 3 is 2.00 bits per heavy atom. The maximum atomic E-state index is 12.0. The summed E-state index contributed by atoms with van der Waals surface area (Å²) in [6.07, 6.45) is 1.87. The molecule has 0 aliphatic heterocycles. The van der Waals surface area contributed by atoms with Gasteiger partial charge in [0.25, 0.3) is 0 Å². The lowest BCUT2D eigenvalue weighted by molar-refractivity contribution is -0.148. The van der Waals surface area contributed by atoms with Crippen molar-refractivity contribution in [3.63, 3.8) is 0 Å². The molecule has 21 heavy (non-hydrogen) atoms. The molecule has 2 nitrogen and oxygen atoms in total. The molecule has 0 atom stereocenters. The van der Waals surface area contributed by atoms with Crippen LogP contribution in [0.4, 0.5) is 0 Å². The van der Waals surface area contributed by atoms with E-state index < -0.39 is 11.4 Å². The average Bonchev–Trinajstić information content (AvgIpc) is 2.83. The number of aliphatic carboxylic acids is 1. The molecule has 0 heterocycles. The molecule has 1 aliphatic carbocycles. The van der Waals surface area contributed by atoms with Crippen LogP contribution in [0.5, 0.6) is 0 Å². The highest BCUT2D eigenvalue weighted by Gasteiger charge is 2.44. The van der Waals surface area contributed by atoms with E-state index in [9.17, 15) is 9.90 Å². The van der Waals surface area contributed by atoms with Crippen LogP contribution >= 0.6 is 0 Å².